The highest BCUT2D eigenvalue weighted by atomic mass is 32.2. The number of benzene rings is 1. The standard InChI is InChI=1S/C21H31NO2S2/c1-4-9-16-12-14-17(15-13-16)20(25)24-18-10-7-8-11-19(18)26-21(23)22(5-2)6-3/h12-15,18-19H,4-11H2,1-3H3. The number of amides is 1. The van der Waals surface area contributed by atoms with E-state index in [0.29, 0.717) is 5.05 Å². The second kappa shape index (κ2) is 10.9. The normalized spacial score (nSPS) is 19.8. The Labute approximate surface area is 167 Å². The van der Waals surface area contributed by atoms with Crippen LogP contribution in [0.1, 0.15) is 64.0 Å². The topological polar surface area (TPSA) is 29.5 Å². The summed E-state index contributed by atoms with van der Waals surface area (Å²) in [6, 6.07) is 8.37. The predicted octanol–water partition coefficient (Wildman–Crippen LogP) is 5.84. The number of aryl methyl sites for hydroxylation is 1. The Morgan fingerprint density at radius 3 is 2.42 bits per heavy atom. The lowest BCUT2D eigenvalue weighted by atomic mass is 9.97. The molecule has 0 N–H and O–H groups in total. The van der Waals surface area contributed by atoms with Gasteiger partial charge in [-0.05, 0) is 57.3 Å². The zero-order valence-electron chi connectivity index (χ0n) is 16.2. The maximum atomic E-state index is 12.5. The second-order valence-corrected chi connectivity index (χ2v) is 8.33. The first-order valence-corrected chi connectivity index (χ1v) is 11.1. The summed E-state index contributed by atoms with van der Waals surface area (Å²) >= 11 is 6.98. The Morgan fingerprint density at radius 2 is 1.81 bits per heavy atom. The number of hydrogen-bond donors (Lipinski definition) is 0. The molecule has 0 heterocycles. The van der Waals surface area contributed by atoms with Gasteiger partial charge < -0.3 is 9.64 Å². The van der Waals surface area contributed by atoms with Gasteiger partial charge in [0.25, 0.3) is 5.24 Å². The van der Waals surface area contributed by atoms with Crippen LogP contribution in [-0.2, 0) is 11.2 Å². The Bertz CT molecular complexity index is 584. The molecule has 144 valence electrons. The lowest BCUT2D eigenvalue weighted by molar-refractivity contribution is 0.154. The van der Waals surface area contributed by atoms with Crippen LogP contribution >= 0.6 is 24.0 Å². The predicted molar refractivity (Wildman–Crippen MR) is 115 cm³/mol. The maximum Gasteiger partial charge on any atom is 0.282 e. The quantitative estimate of drug-likeness (QED) is 0.545. The highest BCUT2D eigenvalue weighted by molar-refractivity contribution is 8.14. The molecule has 1 aliphatic rings. The maximum absolute atomic E-state index is 12.5. The molecule has 0 saturated heterocycles. The van der Waals surface area contributed by atoms with E-state index in [1.165, 1.54) is 17.3 Å². The van der Waals surface area contributed by atoms with E-state index in [2.05, 4.69) is 31.2 Å². The van der Waals surface area contributed by atoms with Crippen molar-refractivity contribution in [1.29, 1.82) is 0 Å². The van der Waals surface area contributed by atoms with Crippen LogP contribution in [-0.4, -0.2) is 39.6 Å². The fourth-order valence-corrected chi connectivity index (χ4v) is 4.87. The van der Waals surface area contributed by atoms with Crippen molar-refractivity contribution >= 4 is 34.3 Å². The van der Waals surface area contributed by atoms with Crippen LogP contribution in [0.15, 0.2) is 24.3 Å². The third kappa shape index (κ3) is 5.98. The number of carbonyl (C=O) groups is 1. The van der Waals surface area contributed by atoms with E-state index in [1.54, 1.807) is 0 Å². The molecule has 5 heteroatoms. The Balaban J connectivity index is 1.98. The van der Waals surface area contributed by atoms with E-state index in [1.807, 2.05) is 18.7 Å². The molecular formula is C21H31NO2S2. The molecule has 26 heavy (non-hydrogen) atoms. The molecule has 1 aromatic rings. The largest absolute Gasteiger partial charge is 0.478 e. The highest BCUT2D eigenvalue weighted by Gasteiger charge is 2.31. The lowest BCUT2D eigenvalue weighted by Crippen LogP contribution is -2.36. The third-order valence-corrected chi connectivity index (χ3v) is 6.54. The number of nitrogens with zero attached hydrogens (tertiary/aromatic N) is 1. The van der Waals surface area contributed by atoms with Crippen molar-refractivity contribution in [3.63, 3.8) is 0 Å². The van der Waals surface area contributed by atoms with E-state index in [9.17, 15) is 4.79 Å². The van der Waals surface area contributed by atoms with Crippen LogP contribution in [0, 0.1) is 0 Å². The summed E-state index contributed by atoms with van der Waals surface area (Å²) < 4.78 is 6.18. The number of carbonyl (C=O) groups excluding carboxylic acids is 1. The molecule has 2 unspecified atom stereocenters. The minimum absolute atomic E-state index is 0.0241. The van der Waals surface area contributed by atoms with Gasteiger partial charge in [0.05, 0.1) is 5.25 Å². The molecule has 1 amide bonds. The Hall–Kier alpha value is -1.07. The number of rotatable bonds is 7. The molecule has 1 fully saturated rings. The summed E-state index contributed by atoms with van der Waals surface area (Å²) in [5, 5.41) is 0.903. The van der Waals surface area contributed by atoms with Crippen LogP contribution in [0.4, 0.5) is 4.79 Å². The Morgan fingerprint density at radius 1 is 1.15 bits per heavy atom. The van der Waals surface area contributed by atoms with Crippen molar-refractivity contribution in [2.24, 2.45) is 0 Å². The molecular weight excluding hydrogens is 362 g/mol. The smallest absolute Gasteiger partial charge is 0.282 e. The highest BCUT2D eigenvalue weighted by Crippen LogP contribution is 2.33. The summed E-state index contributed by atoms with van der Waals surface area (Å²) in [6.07, 6.45) is 6.53. The average molecular weight is 394 g/mol. The van der Waals surface area contributed by atoms with Crippen LogP contribution in [0.2, 0.25) is 0 Å². The minimum Gasteiger partial charge on any atom is -0.478 e. The van der Waals surface area contributed by atoms with Gasteiger partial charge in [0.1, 0.15) is 6.10 Å². The van der Waals surface area contributed by atoms with Gasteiger partial charge in [-0.1, -0.05) is 55.8 Å². The summed E-state index contributed by atoms with van der Waals surface area (Å²) in [5.74, 6) is 0. The zero-order valence-corrected chi connectivity index (χ0v) is 17.8. The first kappa shape index (κ1) is 21.2. The van der Waals surface area contributed by atoms with Gasteiger partial charge >= 0.3 is 0 Å². The van der Waals surface area contributed by atoms with Gasteiger partial charge in [0, 0.05) is 18.7 Å². The molecule has 1 saturated carbocycles. The molecule has 2 atom stereocenters. The van der Waals surface area contributed by atoms with Crippen molar-refractivity contribution in [1.82, 2.24) is 4.90 Å². The number of thiocarbonyl (C=S) groups is 1. The van der Waals surface area contributed by atoms with Gasteiger partial charge in [-0.15, -0.1) is 0 Å². The number of ether oxygens (including phenoxy) is 1. The summed E-state index contributed by atoms with van der Waals surface area (Å²) in [6.45, 7) is 7.73. The first-order chi connectivity index (χ1) is 12.6. The van der Waals surface area contributed by atoms with E-state index >= 15 is 0 Å². The average Bonchev–Trinajstić information content (AvgIpc) is 2.65. The SMILES string of the molecule is CCCc1ccc(C(=S)OC2CCCCC2SC(=O)N(CC)CC)cc1. The second-order valence-electron chi connectivity index (χ2n) is 6.77. The minimum atomic E-state index is 0.0241. The third-order valence-electron chi connectivity index (χ3n) is 4.90. The van der Waals surface area contributed by atoms with Crippen molar-refractivity contribution < 1.29 is 9.53 Å². The number of hydrogen-bond acceptors (Lipinski definition) is 4. The molecule has 3 nitrogen and oxygen atoms in total. The van der Waals surface area contributed by atoms with Gasteiger partial charge in [-0.2, -0.15) is 0 Å². The van der Waals surface area contributed by atoms with Gasteiger partial charge in [0.15, 0.2) is 5.05 Å². The van der Waals surface area contributed by atoms with Crippen LogP contribution in [0.5, 0.6) is 0 Å². The molecule has 0 spiro atoms. The monoisotopic (exact) mass is 393 g/mol. The van der Waals surface area contributed by atoms with Gasteiger partial charge in [0.2, 0.25) is 0 Å². The molecule has 2 rings (SSSR count). The van der Waals surface area contributed by atoms with E-state index in [4.69, 9.17) is 17.0 Å². The molecule has 0 aliphatic heterocycles. The van der Waals surface area contributed by atoms with Crippen molar-refractivity contribution in [3.05, 3.63) is 35.4 Å². The molecule has 0 radical (unpaired) electrons. The van der Waals surface area contributed by atoms with Crippen LogP contribution in [0.3, 0.4) is 0 Å². The summed E-state index contributed by atoms with van der Waals surface area (Å²) in [4.78, 5) is 14.4. The van der Waals surface area contributed by atoms with E-state index < -0.39 is 0 Å². The van der Waals surface area contributed by atoms with Crippen molar-refractivity contribution in [3.8, 4) is 0 Å². The van der Waals surface area contributed by atoms with Crippen molar-refractivity contribution in [2.45, 2.75) is 70.7 Å². The van der Waals surface area contributed by atoms with Gasteiger partial charge in [-0.3, -0.25) is 4.79 Å². The fraction of sp³-hybridized carbons (Fsp3) is 0.619. The fourth-order valence-electron chi connectivity index (χ4n) is 3.32. The first-order valence-electron chi connectivity index (χ1n) is 9.84. The Kier molecular flexibility index (Phi) is 8.93. The van der Waals surface area contributed by atoms with Crippen LogP contribution < -0.4 is 0 Å². The molecule has 1 aliphatic carbocycles. The summed E-state index contributed by atoms with van der Waals surface area (Å²) in [5.41, 5.74) is 2.29. The van der Waals surface area contributed by atoms with E-state index in [-0.39, 0.29) is 16.6 Å². The lowest BCUT2D eigenvalue weighted by Gasteiger charge is -2.32. The van der Waals surface area contributed by atoms with Crippen molar-refractivity contribution in [2.75, 3.05) is 13.1 Å². The molecule has 0 bridgehead atoms. The van der Waals surface area contributed by atoms with E-state index in [0.717, 1.165) is 57.2 Å². The van der Waals surface area contributed by atoms with Gasteiger partial charge in [-0.25, -0.2) is 0 Å². The molecule has 0 aromatic heterocycles. The number of thioether (sulfide) groups is 1. The van der Waals surface area contributed by atoms with Crippen LogP contribution in [0.25, 0.3) is 0 Å². The zero-order chi connectivity index (χ0) is 18.9. The summed E-state index contributed by atoms with van der Waals surface area (Å²) in [7, 11) is 0. The molecule has 1 aromatic carbocycles.